The van der Waals surface area contributed by atoms with Crippen LogP contribution in [0, 0.1) is 16.3 Å². The maximum absolute atomic E-state index is 14.8. The first-order chi connectivity index (χ1) is 17.9. The molecule has 0 unspecified atom stereocenters. The van der Waals surface area contributed by atoms with Crippen molar-refractivity contribution in [3.8, 4) is 5.82 Å². The average Bonchev–Trinajstić information content (AvgIpc) is 3.59. The molecule has 0 saturated heterocycles. The summed E-state index contributed by atoms with van der Waals surface area (Å²) in [6.45, 7) is 1.49. The number of anilines is 2. The Morgan fingerprint density at radius 3 is 2.53 bits per heavy atom. The van der Waals surface area contributed by atoms with Gasteiger partial charge in [-0.1, -0.05) is 0 Å². The van der Waals surface area contributed by atoms with Gasteiger partial charge >= 0.3 is 5.69 Å². The number of hydrogen-bond acceptors (Lipinski definition) is 7. The Morgan fingerprint density at radius 1 is 1.18 bits per heavy atom. The van der Waals surface area contributed by atoms with E-state index in [-0.39, 0.29) is 39.8 Å². The Bertz CT molecular complexity index is 1900. The number of fused-ring (bicyclic) bond motifs is 1. The van der Waals surface area contributed by atoms with Crippen molar-refractivity contribution in [3.05, 3.63) is 76.9 Å². The number of pyridine rings is 1. The van der Waals surface area contributed by atoms with E-state index in [9.17, 15) is 27.2 Å². The predicted octanol–water partition coefficient (Wildman–Crippen LogP) is 1.68. The number of imidazole rings is 1. The number of rotatable bonds is 7. The molecule has 15 heteroatoms. The van der Waals surface area contributed by atoms with E-state index >= 15 is 0 Å². The van der Waals surface area contributed by atoms with Gasteiger partial charge in [0.05, 0.1) is 17.5 Å². The maximum atomic E-state index is 14.8. The molecule has 1 saturated carbocycles. The summed E-state index contributed by atoms with van der Waals surface area (Å²) < 4.78 is 46.5. The largest absolute Gasteiger partial charge is 0.338 e. The van der Waals surface area contributed by atoms with Crippen molar-refractivity contribution in [1.82, 2.24) is 28.0 Å². The first-order valence-corrected chi connectivity index (χ1v) is 14.2. The molecule has 1 aliphatic carbocycles. The number of nitrogens with zero attached hydrogens (tertiary/aromatic N) is 5. The molecular weight excluding hydrogens is 632 g/mol. The van der Waals surface area contributed by atoms with Crippen molar-refractivity contribution in [2.24, 2.45) is 7.05 Å². The van der Waals surface area contributed by atoms with Gasteiger partial charge in [0.25, 0.3) is 11.1 Å². The highest BCUT2D eigenvalue weighted by Crippen LogP contribution is 2.34. The van der Waals surface area contributed by atoms with Crippen molar-refractivity contribution in [1.29, 1.82) is 0 Å². The van der Waals surface area contributed by atoms with E-state index in [0.29, 0.717) is 16.4 Å². The van der Waals surface area contributed by atoms with Crippen LogP contribution in [0.1, 0.15) is 24.4 Å². The lowest BCUT2D eigenvalue weighted by molar-refractivity contribution is 0.576. The first-order valence-electron chi connectivity index (χ1n) is 11.5. The van der Waals surface area contributed by atoms with E-state index in [4.69, 9.17) is 0 Å². The minimum absolute atomic E-state index is 0.00597. The Kier molecular flexibility index (Phi) is 6.55. The van der Waals surface area contributed by atoms with Crippen LogP contribution in [-0.2, 0) is 22.9 Å². The summed E-state index contributed by atoms with van der Waals surface area (Å²) in [6.07, 6.45) is 3.83. The van der Waals surface area contributed by atoms with Gasteiger partial charge in [0.15, 0.2) is 5.82 Å². The van der Waals surface area contributed by atoms with Gasteiger partial charge in [-0.25, -0.2) is 31.9 Å². The molecule has 0 radical (unpaired) electrons. The van der Waals surface area contributed by atoms with E-state index in [0.717, 1.165) is 9.13 Å². The zero-order chi connectivity index (χ0) is 27.5. The topological polar surface area (TPSA) is 142 Å². The van der Waals surface area contributed by atoms with Crippen LogP contribution in [0.15, 0.2) is 45.1 Å². The lowest BCUT2D eigenvalue weighted by Gasteiger charge is -2.19. The van der Waals surface area contributed by atoms with Gasteiger partial charge in [-0.15, -0.1) is 0 Å². The zero-order valence-electron chi connectivity index (χ0n) is 20.5. The van der Waals surface area contributed by atoms with E-state index in [1.54, 1.807) is 6.07 Å². The second-order valence-electron chi connectivity index (χ2n) is 9.03. The third-order valence-corrected chi connectivity index (χ3v) is 8.35. The second-order valence-corrected chi connectivity index (χ2v) is 12.2. The van der Waals surface area contributed by atoms with Crippen LogP contribution in [-0.4, -0.2) is 38.7 Å². The summed E-state index contributed by atoms with van der Waals surface area (Å²) in [6, 6.07) is 4.14. The van der Waals surface area contributed by atoms with Crippen molar-refractivity contribution >= 4 is 55.0 Å². The smallest absolute Gasteiger partial charge is 0.337 e. The molecule has 200 valence electrons. The zero-order valence-corrected chi connectivity index (χ0v) is 23.5. The van der Waals surface area contributed by atoms with Gasteiger partial charge in [0, 0.05) is 28.4 Å². The molecule has 3 heterocycles. The van der Waals surface area contributed by atoms with Crippen molar-refractivity contribution in [2.75, 3.05) is 12.4 Å². The highest BCUT2D eigenvalue weighted by molar-refractivity contribution is 14.1. The summed E-state index contributed by atoms with van der Waals surface area (Å²) in [5, 5.41) is 2.90. The third-order valence-electron chi connectivity index (χ3n) is 6.42. The van der Waals surface area contributed by atoms with E-state index in [2.05, 4.69) is 15.0 Å². The summed E-state index contributed by atoms with van der Waals surface area (Å²) in [5.74, 6) is -0.992. The summed E-state index contributed by atoms with van der Waals surface area (Å²) >= 11 is 1.97. The maximum Gasteiger partial charge on any atom is 0.337 e. The number of nitrogens with one attached hydrogen (secondary N) is 2. The van der Waals surface area contributed by atoms with Gasteiger partial charge in [-0.2, -0.15) is 0 Å². The van der Waals surface area contributed by atoms with E-state index < -0.39 is 38.5 Å². The van der Waals surface area contributed by atoms with Crippen molar-refractivity contribution in [3.63, 3.8) is 0 Å². The minimum atomic E-state index is -3.65. The molecule has 1 aliphatic rings. The van der Waals surface area contributed by atoms with Crippen LogP contribution in [0.25, 0.3) is 16.7 Å². The molecule has 12 nitrogen and oxygen atoms in total. The minimum Gasteiger partial charge on any atom is -0.338 e. The first kappa shape index (κ1) is 26.3. The molecule has 0 aliphatic heterocycles. The molecule has 38 heavy (non-hydrogen) atoms. The third kappa shape index (κ3) is 4.47. The Morgan fingerprint density at radius 2 is 1.89 bits per heavy atom. The quantitative estimate of drug-likeness (QED) is 0.289. The van der Waals surface area contributed by atoms with Crippen LogP contribution in [0.4, 0.5) is 15.9 Å². The Balaban J connectivity index is 1.85. The molecular formula is C23H23FIN7O5S. The lowest BCUT2D eigenvalue weighted by Crippen LogP contribution is -2.41. The van der Waals surface area contributed by atoms with Gasteiger partial charge < -0.3 is 9.88 Å². The fourth-order valence-electron chi connectivity index (χ4n) is 4.34. The van der Waals surface area contributed by atoms with Crippen LogP contribution in [0.2, 0.25) is 0 Å². The van der Waals surface area contributed by atoms with Crippen LogP contribution >= 0.6 is 22.6 Å². The number of hydrogen-bond donors (Lipinski definition) is 2. The standard InChI is InChI=1S/C23H23FIN7O5S/c1-12-19-18(20(29(3)21(12)33)28-16-7-4-13(25)8-15(16)24)22(34)31(14-5-6-14)23(35)32(19)17-9-30(10-27-17)11-38(36,37)26-2/h4,7-10,14,26,28H,5-6,11H2,1-3H3. The fourth-order valence-corrected chi connectivity index (χ4v) is 5.46. The lowest BCUT2D eigenvalue weighted by atomic mass is 10.1. The molecule has 0 spiro atoms. The summed E-state index contributed by atoms with van der Waals surface area (Å²) in [4.78, 5) is 45.0. The van der Waals surface area contributed by atoms with Gasteiger partial charge in [-0.05, 0) is 67.6 Å². The molecule has 3 aromatic heterocycles. The van der Waals surface area contributed by atoms with Crippen LogP contribution in [0.5, 0.6) is 0 Å². The number of benzene rings is 1. The van der Waals surface area contributed by atoms with E-state index in [1.165, 1.54) is 54.8 Å². The molecule has 0 amide bonds. The highest BCUT2D eigenvalue weighted by Gasteiger charge is 2.32. The molecule has 4 aromatic rings. The average molecular weight is 655 g/mol. The van der Waals surface area contributed by atoms with Crippen LogP contribution in [0.3, 0.4) is 0 Å². The molecule has 0 atom stereocenters. The van der Waals surface area contributed by atoms with Gasteiger partial charge in [-0.3, -0.25) is 18.7 Å². The predicted molar refractivity (Wildman–Crippen MR) is 148 cm³/mol. The van der Waals surface area contributed by atoms with Gasteiger partial charge in [0.1, 0.15) is 22.9 Å². The SMILES string of the molecule is CNS(=O)(=O)Cn1cnc(-n2c(=O)n(C3CC3)c(=O)c3c(Nc4ccc(I)cc4F)n(C)c(=O)c(C)c32)c1. The number of aromatic nitrogens is 5. The summed E-state index contributed by atoms with van der Waals surface area (Å²) in [7, 11) is -0.918. The number of aryl methyl sites for hydroxylation is 1. The normalized spacial score (nSPS) is 13.8. The monoisotopic (exact) mass is 655 g/mol. The molecule has 2 N–H and O–H groups in total. The molecule has 0 bridgehead atoms. The molecule has 1 aromatic carbocycles. The number of halogens is 2. The molecule has 1 fully saturated rings. The van der Waals surface area contributed by atoms with Crippen molar-refractivity contribution in [2.45, 2.75) is 31.7 Å². The Labute approximate surface area is 228 Å². The second kappa shape index (κ2) is 9.46. The summed E-state index contributed by atoms with van der Waals surface area (Å²) in [5.41, 5.74) is -1.68. The Hall–Kier alpha value is -3.31. The van der Waals surface area contributed by atoms with Crippen LogP contribution < -0.4 is 26.8 Å². The highest BCUT2D eigenvalue weighted by atomic mass is 127. The molecule has 5 rings (SSSR count). The van der Waals surface area contributed by atoms with E-state index in [1.807, 2.05) is 22.6 Å². The number of sulfonamides is 1. The van der Waals surface area contributed by atoms with Gasteiger partial charge in [0.2, 0.25) is 10.0 Å². The van der Waals surface area contributed by atoms with Crippen molar-refractivity contribution < 1.29 is 12.8 Å². The fraction of sp³-hybridized carbons (Fsp3) is 0.304.